The van der Waals surface area contributed by atoms with Crippen molar-refractivity contribution in [1.82, 2.24) is 20.2 Å². The van der Waals surface area contributed by atoms with Crippen molar-refractivity contribution in [2.24, 2.45) is 0 Å². The molecule has 8 nitrogen and oxygen atoms in total. The van der Waals surface area contributed by atoms with Crippen molar-refractivity contribution in [3.05, 3.63) is 18.2 Å². The van der Waals surface area contributed by atoms with Gasteiger partial charge in [0.05, 0.1) is 6.33 Å². The molecule has 0 fully saturated rings. The highest BCUT2D eigenvalue weighted by Crippen LogP contribution is 2.01. The number of aliphatic hydroxyl groups excluding tert-OH is 1. The number of carbonyl (C=O) groups is 2. The van der Waals surface area contributed by atoms with Crippen LogP contribution in [-0.4, -0.2) is 62.8 Å². The molecule has 0 aliphatic carbocycles. The van der Waals surface area contributed by atoms with E-state index in [1.807, 2.05) is 0 Å². The normalized spacial score (nSPS) is 11.9. The SMILES string of the molecule is CCN(CCCO)C(=O)N[C@H](Cc1cnc[nH]1)C(=O)O. The lowest BCUT2D eigenvalue weighted by Gasteiger charge is -2.23. The average molecular weight is 284 g/mol. The smallest absolute Gasteiger partial charge is 0.326 e. The van der Waals surface area contributed by atoms with Crippen LogP contribution in [0.3, 0.4) is 0 Å². The molecule has 20 heavy (non-hydrogen) atoms. The van der Waals surface area contributed by atoms with Gasteiger partial charge < -0.3 is 25.4 Å². The monoisotopic (exact) mass is 284 g/mol. The van der Waals surface area contributed by atoms with Crippen LogP contribution in [0.25, 0.3) is 0 Å². The first-order chi connectivity index (χ1) is 9.58. The summed E-state index contributed by atoms with van der Waals surface area (Å²) in [5, 5.41) is 20.4. The number of urea groups is 1. The molecular weight excluding hydrogens is 264 g/mol. The highest BCUT2D eigenvalue weighted by atomic mass is 16.4. The van der Waals surface area contributed by atoms with Crippen LogP contribution in [0.15, 0.2) is 12.5 Å². The molecule has 0 bridgehead atoms. The fourth-order valence-electron chi connectivity index (χ4n) is 1.72. The maximum absolute atomic E-state index is 12.0. The highest BCUT2D eigenvalue weighted by molar-refractivity contribution is 5.82. The molecule has 0 aromatic carbocycles. The van der Waals surface area contributed by atoms with E-state index in [0.29, 0.717) is 25.2 Å². The molecular formula is C12H20N4O4. The number of amides is 2. The lowest BCUT2D eigenvalue weighted by molar-refractivity contribution is -0.139. The van der Waals surface area contributed by atoms with Crippen LogP contribution in [0.2, 0.25) is 0 Å². The molecule has 0 saturated carbocycles. The van der Waals surface area contributed by atoms with E-state index in [9.17, 15) is 9.59 Å². The maximum Gasteiger partial charge on any atom is 0.326 e. The van der Waals surface area contributed by atoms with Gasteiger partial charge in [0.25, 0.3) is 0 Å². The fourth-order valence-corrected chi connectivity index (χ4v) is 1.72. The minimum Gasteiger partial charge on any atom is -0.480 e. The summed E-state index contributed by atoms with van der Waals surface area (Å²) >= 11 is 0. The Balaban J connectivity index is 2.60. The van der Waals surface area contributed by atoms with E-state index in [-0.39, 0.29) is 13.0 Å². The number of hydrogen-bond donors (Lipinski definition) is 4. The third-order valence-corrected chi connectivity index (χ3v) is 2.83. The first kappa shape index (κ1) is 16.0. The van der Waals surface area contributed by atoms with Gasteiger partial charge in [-0.05, 0) is 13.3 Å². The number of aliphatic carboxylic acids is 1. The van der Waals surface area contributed by atoms with Gasteiger partial charge in [0.15, 0.2) is 0 Å². The molecule has 2 amide bonds. The third-order valence-electron chi connectivity index (χ3n) is 2.83. The molecule has 0 spiro atoms. The Morgan fingerprint density at radius 3 is 2.80 bits per heavy atom. The van der Waals surface area contributed by atoms with Crippen molar-refractivity contribution in [3.63, 3.8) is 0 Å². The van der Waals surface area contributed by atoms with Gasteiger partial charge >= 0.3 is 12.0 Å². The van der Waals surface area contributed by atoms with Gasteiger partial charge in [-0.25, -0.2) is 14.6 Å². The number of aromatic amines is 1. The van der Waals surface area contributed by atoms with Crippen LogP contribution < -0.4 is 5.32 Å². The maximum atomic E-state index is 12.0. The first-order valence-electron chi connectivity index (χ1n) is 6.44. The number of rotatable bonds is 8. The number of hydrogen-bond acceptors (Lipinski definition) is 4. The zero-order chi connectivity index (χ0) is 15.0. The van der Waals surface area contributed by atoms with Crippen molar-refractivity contribution in [1.29, 1.82) is 0 Å². The summed E-state index contributed by atoms with van der Waals surface area (Å²) in [6.45, 7) is 2.61. The Bertz CT molecular complexity index is 421. The third kappa shape index (κ3) is 4.88. The molecule has 1 aromatic heterocycles. The van der Waals surface area contributed by atoms with E-state index >= 15 is 0 Å². The summed E-state index contributed by atoms with van der Waals surface area (Å²) in [6, 6.07) is -1.47. The molecule has 0 aliphatic rings. The number of H-pyrrole nitrogens is 1. The van der Waals surface area contributed by atoms with Gasteiger partial charge in [-0.2, -0.15) is 0 Å². The van der Waals surface area contributed by atoms with Crippen LogP contribution in [-0.2, 0) is 11.2 Å². The van der Waals surface area contributed by atoms with Crippen molar-refractivity contribution < 1.29 is 19.8 Å². The second kappa shape index (κ2) is 8.16. The Kier molecular flexibility index (Phi) is 6.51. The molecule has 4 N–H and O–H groups in total. The first-order valence-corrected chi connectivity index (χ1v) is 6.44. The molecule has 0 saturated heterocycles. The predicted molar refractivity (Wildman–Crippen MR) is 71.2 cm³/mol. The van der Waals surface area contributed by atoms with Crippen LogP contribution in [0.4, 0.5) is 4.79 Å². The predicted octanol–water partition coefficient (Wildman–Crippen LogP) is -0.181. The van der Waals surface area contributed by atoms with E-state index in [1.165, 1.54) is 17.4 Å². The van der Waals surface area contributed by atoms with E-state index < -0.39 is 18.0 Å². The van der Waals surface area contributed by atoms with Crippen molar-refractivity contribution in [2.45, 2.75) is 25.8 Å². The molecule has 8 heteroatoms. The van der Waals surface area contributed by atoms with Crippen LogP contribution in [0, 0.1) is 0 Å². The molecule has 0 unspecified atom stereocenters. The van der Waals surface area contributed by atoms with Gasteiger partial charge in [0.1, 0.15) is 6.04 Å². The van der Waals surface area contributed by atoms with Gasteiger partial charge in [0, 0.05) is 38.0 Å². The van der Waals surface area contributed by atoms with Gasteiger partial charge in [0.2, 0.25) is 0 Å². The summed E-state index contributed by atoms with van der Waals surface area (Å²) in [7, 11) is 0. The Hall–Kier alpha value is -2.09. The number of carbonyl (C=O) groups excluding carboxylic acids is 1. The molecule has 1 rings (SSSR count). The number of carboxylic acid groups (broad SMARTS) is 1. The van der Waals surface area contributed by atoms with E-state index in [1.54, 1.807) is 6.92 Å². The second-order valence-electron chi connectivity index (χ2n) is 4.28. The molecule has 0 aliphatic heterocycles. The summed E-state index contributed by atoms with van der Waals surface area (Å²) < 4.78 is 0. The molecule has 1 aromatic rings. The quantitative estimate of drug-likeness (QED) is 0.528. The number of nitrogens with one attached hydrogen (secondary N) is 2. The Morgan fingerprint density at radius 1 is 1.55 bits per heavy atom. The zero-order valence-electron chi connectivity index (χ0n) is 11.4. The van der Waals surface area contributed by atoms with Crippen LogP contribution in [0.1, 0.15) is 19.0 Å². The second-order valence-corrected chi connectivity index (χ2v) is 4.28. The number of carboxylic acids is 1. The van der Waals surface area contributed by atoms with Crippen LogP contribution >= 0.6 is 0 Å². The zero-order valence-corrected chi connectivity index (χ0v) is 11.4. The summed E-state index contributed by atoms with van der Waals surface area (Å²) in [5.74, 6) is -1.11. The minimum absolute atomic E-state index is 0.0136. The van der Waals surface area contributed by atoms with Gasteiger partial charge in [-0.15, -0.1) is 0 Å². The topological polar surface area (TPSA) is 119 Å². The lowest BCUT2D eigenvalue weighted by Crippen LogP contribution is -2.49. The van der Waals surface area contributed by atoms with Crippen molar-refractivity contribution >= 4 is 12.0 Å². The summed E-state index contributed by atoms with van der Waals surface area (Å²) in [4.78, 5) is 31.2. The van der Waals surface area contributed by atoms with E-state index in [2.05, 4.69) is 15.3 Å². The Morgan fingerprint density at radius 2 is 2.30 bits per heavy atom. The van der Waals surface area contributed by atoms with E-state index in [4.69, 9.17) is 10.2 Å². The van der Waals surface area contributed by atoms with Crippen molar-refractivity contribution in [3.8, 4) is 0 Å². The average Bonchev–Trinajstić information content (AvgIpc) is 2.91. The van der Waals surface area contributed by atoms with Gasteiger partial charge in [-0.3, -0.25) is 0 Å². The molecule has 1 atom stereocenters. The van der Waals surface area contributed by atoms with E-state index in [0.717, 1.165) is 0 Å². The highest BCUT2D eigenvalue weighted by Gasteiger charge is 2.23. The van der Waals surface area contributed by atoms with Crippen molar-refractivity contribution in [2.75, 3.05) is 19.7 Å². The fraction of sp³-hybridized carbons (Fsp3) is 0.583. The van der Waals surface area contributed by atoms with Crippen LogP contribution in [0.5, 0.6) is 0 Å². The molecule has 0 radical (unpaired) electrons. The summed E-state index contributed by atoms with van der Waals surface area (Å²) in [5.41, 5.74) is 0.635. The lowest BCUT2D eigenvalue weighted by atomic mass is 10.1. The number of aromatic nitrogens is 2. The van der Waals surface area contributed by atoms with Gasteiger partial charge in [-0.1, -0.05) is 0 Å². The molecule has 1 heterocycles. The Labute approximate surface area is 116 Å². The largest absolute Gasteiger partial charge is 0.480 e. The number of nitrogens with zero attached hydrogens (tertiary/aromatic N) is 2. The number of imidazole rings is 1. The number of aliphatic hydroxyl groups is 1. The standard InChI is InChI=1S/C12H20N4O4/c1-2-16(4-3-5-17)12(20)15-10(11(18)19)6-9-7-13-8-14-9/h7-8,10,17H,2-6H2,1H3,(H,13,14)(H,15,20)(H,18,19)/t10-/m1/s1. The summed E-state index contributed by atoms with van der Waals surface area (Å²) in [6.07, 6.45) is 3.57. The minimum atomic E-state index is -1.11. The molecule has 112 valence electrons.